The van der Waals surface area contributed by atoms with E-state index in [1.165, 1.54) is 11.1 Å². The molecule has 3 aromatic rings. The molecule has 27 heavy (non-hydrogen) atoms. The van der Waals surface area contributed by atoms with Gasteiger partial charge in [0.1, 0.15) is 0 Å². The summed E-state index contributed by atoms with van der Waals surface area (Å²) in [4.78, 5) is 16.5. The Kier molecular flexibility index (Phi) is 5.54. The molecule has 1 heterocycles. The minimum Gasteiger partial charge on any atom is -0.335 e. The Bertz CT molecular complexity index is 949. The summed E-state index contributed by atoms with van der Waals surface area (Å²) in [5.74, 6) is 0.954. The maximum atomic E-state index is 12.0. The zero-order chi connectivity index (χ0) is 19.4. The van der Waals surface area contributed by atoms with Gasteiger partial charge in [-0.15, -0.1) is 0 Å². The first-order valence-corrected chi connectivity index (χ1v) is 9.05. The van der Waals surface area contributed by atoms with Crippen molar-refractivity contribution < 1.29 is 9.32 Å². The van der Waals surface area contributed by atoms with E-state index >= 15 is 0 Å². The lowest BCUT2D eigenvalue weighted by atomic mass is 10.1. The number of rotatable bonds is 5. The summed E-state index contributed by atoms with van der Waals surface area (Å²) in [6.07, 6.45) is 0.873. The van der Waals surface area contributed by atoms with Crippen LogP contribution >= 0.6 is 0 Å². The minimum absolute atomic E-state index is 0.117. The Morgan fingerprint density at radius 3 is 2.67 bits per heavy atom. The third-order valence-corrected chi connectivity index (χ3v) is 4.55. The van der Waals surface area contributed by atoms with Crippen molar-refractivity contribution >= 4 is 11.7 Å². The monoisotopic (exact) mass is 364 g/mol. The lowest BCUT2D eigenvalue weighted by molar-refractivity contribution is 0.249. The number of urea groups is 1. The van der Waals surface area contributed by atoms with E-state index in [0.29, 0.717) is 17.4 Å². The van der Waals surface area contributed by atoms with Crippen LogP contribution in [0.3, 0.4) is 0 Å². The van der Waals surface area contributed by atoms with Crippen LogP contribution in [0.4, 0.5) is 10.5 Å². The molecular formula is C21H24N4O2. The van der Waals surface area contributed by atoms with Gasteiger partial charge in [-0.2, -0.15) is 4.98 Å². The SMILES string of the molecule is CCC(C)NC(=O)Nc1cccc(-c2noc(-c3ccc(C)c(C)c3)n2)c1. The van der Waals surface area contributed by atoms with Gasteiger partial charge in [0.2, 0.25) is 5.82 Å². The van der Waals surface area contributed by atoms with Crippen LogP contribution in [0.1, 0.15) is 31.4 Å². The van der Waals surface area contributed by atoms with Crippen molar-refractivity contribution in [2.24, 2.45) is 0 Å². The molecule has 1 unspecified atom stereocenters. The normalized spacial score (nSPS) is 11.9. The van der Waals surface area contributed by atoms with E-state index in [0.717, 1.165) is 17.5 Å². The largest absolute Gasteiger partial charge is 0.335 e. The molecule has 0 aliphatic rings. The van der Waals surface area contributed by atoms with Crippen LogP contribution in [0.15, 0.2) is 47.0 Å². The fraction of sp³-hybridized carbons (Fsp3) is 0.286. The highest BCUT2D eigenvalue weighted by atomic mass is 16.5. The smallest absolute Gasteiger partial charge is 0.319 e. The molecule has 0 fully saturated rings. The van der Waals surface area contributed by atoms with E-state index in [1.54, 1.807) is 0 Å². The van der Waals surface area contributed by atoms with Crippen LogP contribution in [0, 0.1) is 13.8 Å². The van der Waals surface area contributed by atoms with Crippen LogP contribution in [-0.2, 0) is 0 Å². The summed E-state index contributed by atoms with van der Waals surface area (Å²) in [6.45, 7) is 8.10. The average Bonchev–Trinajstić information content (AvgIpc) is 3.14. The Morgan fingerprint density at radius 1 is 1.11 bits per heavy atom. The van der Waals surface area contributed by atoms with E-state index in [-0.39, 0.29) is 12.1 Å². The van der Waals surface area contributed by atoms with Crippen molar-refractivity contribution in [1.82, 2.24) is 15.5 Å². The van der Waals surface area contributed by atoms with Gasteiger partial charge in [-0.1, -0.05) is 30.3 Å². The molecule has 0 spiro atoms. The maximum Gasteiger partial charge on any atom is 0.319 e. The molecule has 2 aromatic carbocycles. The van der Waals surface area contributed by atoms with Gasteiger partial charge >= 0.3 is 6.03 Å². The average molecular weight is 364 g/mol. The predicted octanol–water partition coefficient (Wildman–Crippen LogP) is 4.94. The van der Waals surface area contributed by atoms with Gasteiger partial charge in [0.05, 0.1) is 0 Å². The molecule has 2 N–H and O–H groups in total. The lowest BCUT2D eigenvalue weighted by Gasteiger charge is -2.12. The van der Waals surface area contributed by atoms with Crippen LogP contribution in [-0.4, -0.2) is 22.2 Å². The predicted molar refractivity (Wildman–Crippen MR) is 107 cm³/mol. The highest BCUT2D eigenvalue weighted by Crippen LogP contribution is 2.25. The molecule has 6 nitrogen and oxygen atoms in total. The van der Waals surface area contributed by atoms with Crippen molar-refractivity contribution in [2.75, 3.05) is 5.32 Å². The molecule has 0 saturated heterocycles. The number of hydrogen-bond acceptors (Lipinski definition) is 4. The van der Waals surface area contributed by atoms with Gasteiger partial charge in [0.25, 0.3) is 5.89 Å². The summed E-state index contributed by atoms with van der Waals surface area (Å²) < 4.78 is 5.43. The van der Waals surface area contributed by atoms with Gasteiger partial charge in [-0.3, -0.25) is 0 Å². The van der Waals surface area contributed by atoms with Crippen LogP contribution < -0.4 is 10.6 Å². The Labute approximate surface area is 159 Å². The van der Waals surface area contributed by atoms with Crippen molar-refractivity contribution in [3.63, 3.8) is 0 Å². The van der Waals surface area contributed by atoms with E-state index in [1.807, 2.05) is 56.3 Å². The summed E-state index contributed by atoms with van der Waals surface area (Å²) in [5.41, 5.74) is 4.72. The molecule has 2 amide bonds. The first kappa shape index (κ1) is 18.6. The fourth-order valence-electron chi connectivity index (χ4n) is 2.56. The van der Waals surface area contributed by atoms with Gasteiger partial charge in [-0.25, -0.2) is 4.79 Å². The lowest BCUT2D eigenvalue weighted by Crippen LogP contribution is -2.35. The zero-order valence-corrected chi connectivity index (χ0v) is 16.0. The highest BCUT2D eigenvalue weighted by molar-refractivity contribution is 5.90. The van der Waals surface area contributed by atoms with Crippen molar-refractivity contribution in [3.8, 4) is 22.8 Å². The fourth-order valence-corrected chi connectivity index (χ4v) is 2.56. The van der Waals surface area contributed by atoms with Crippen molar-refractivity contribution in [1.29, 1.82) is 0 Å². The first-order valence-electron chi connectivity index (χ1n) is 9.05. The van der Waals surface area contributed by atoms with E-state index in [2.05, 4.69) is 34.6 Å². The number of hydrogen-bond donors (Lipinski definition) is 2. The van der Waals surface area contributed by atoms with E-state index < -0.39 is 0 Å². The number of aromatic nitrogens is 2. The molecule has 0 radical (unpaired) electrons. The molecule has 0 saturated carbocycles. The first-order chi connectivity index (χ1) is 13.0. The molecule has 3 rings (SSSR count). The molecule has 1 atom stereocenters. The number of nitrogens with one attached hydrogen (secondary N) is 2. The number of carbonyl (C=O) groups excluding carboxylic acids is 1. The number of anilines is 1. The van der Waals surface area contributed by atoms with Gasteiger partial charge in [0.15, 0.2) is 0 Å². The van der Waals surface area contributed by atoms with Gasteiger partial charge < -0.3 is 15.2 Å². The highest BCUT2D eigenvalue weighted by Gasteiger charge is 2.12. The topological polar surface area (TPSA) is 80.0 Å². The number of amides is 2. The molecular weight excluding hydrogens is 340 g/mol. The standard InChI is InChI=1S/C21H24N4O2/c1-5-15(4)22-21(26)23-18-8-6-7-16(12-18)19-24-20(27-25-19)17-10-9-13(2)14(3)11-17/h6-12,15H,5H2,1-4H3,(H2,22,23,26). The molecule has 140 valence electrons. The minimum atomic E-state index is -0.231. The quantitative estimate of drug-likeness (QED) is 0.672. The maximum absolute atomic E-state index is 12.0. The van der Waals surface area contributed by atoms with Crippen LogP contribution in [0.25, 0.3) is 22.8 Å². The number of aryl methyl sites for hydroxylation is 2. The van der Waals surface area contributed by atoms with E-state index in [9.17, 15) is 4.79 Å². The molecule has 6 heteroatoms. The number of carbonyl (C=O) groups is 1. The third-order valence-electron chi connectivity index (χ3n) is 4.55. The Morgan fingerprint density at radius 2 is 1.93 bits per heavy atom. The second kappa shape index (κ2) is 8.03. The summed E-state index contributed by atoms with van der Waals surface area (Å²) in [5, 5.41) is 9.79. The Hall–Kier alpha value is -3.15. The summed E-state index contributed by atoms with van der Waals surface area (Å²) in [7, 11) is 0. The number of benzene rings is 2. The van der Waals surface area contributed by atoms with Crippen LogP contribution in [0.5, 0.6) is 0 Å². The Balaban J connectivity index is 1.78. The zero-order valence-electron chi connectivity index (χ0n) is 16.0. The van der Waals surface area contributed by atoms with Gasteiger partial charge in [0, 0.05) is 22.9 Å². The summed E-state index contributed by atoms with van der Waals surface area (Å²) in [6, 6.07) is 13.3. The number of nitrogens with zero attached hydrogens (tertiary/aromatic N) is 2. The van der Waals surface area contributed by atoms with E-state index in [4.69, 9.17) is 4.52 Å². The third kappa shape index (κ3) is 4.53. The second-order valence-electron chi connectivity index (χ2n) is 6.71. The molecule has 1 aromatic heterocycles. The van der Waals surface area contributed by atoms with Gasteiger partial charge in [-0.05, 0) is 62.6 Å². The summed E-state index contributed by atoms with van der Waals surface area (Å²) >= 11 is 0. The molecule has 0 aliphatic carbocycles. The molecule has 0 bridgehead atoms. The van der Waals surface area contributed by atoms with Crippen LogP contribution in [0.2, 0.25) is 0 Å². The van der Waals surface area contributed by atoms with Crippen molar-refractivity contribution in [2.45, 2.75) is 40.2 Å². The molecule has 0 aliphatic heterocycles. The van der Waals surface area contributed by atoms with Crippen molar-refractivity contribution in [3.05, 3.63) is 53.6 Å². The second-order valence-corrected chi connectivity index (χ2v) is 6.71.